The molecule has 19 heteroatoms. The molecule has 6 atom stereocenters. The Bertz CT molecular complexity index is 2250. The van der Waals surface area contributed by atoms with Gasteiger partial charge in [-0.25, -0.2) is 32.3 Å². The van der Waals surface area contributed by atoms with Crippen LogP contribution in [0.25, 0.3) is 22.3 Å². The summed E-state index contributed by atoms with van der Waals surface area (Å²) in [5, 5.41) is 25.7. The van der Waals surface area contributed by atoms with Crippen LogP contribution in [0.2, 0.25) is 0 Å². The molecule has 3 aromatic rings. The second kappa shape index (κ2) is 18.9. The molecule has 340 valence electrons. The van der Waals surface area contributed by atoms with Gasteiger partial charge in [-0.2, -0.15) is 0 Å². The van der Waals surface area contributed by atoms with Crippen molar-refractivity contribution in [2.45, 2.75) is 128 Å². The summed E-state index contributed by atoms with van der Waals surface area (Å²) in [6, 6.07) is 3.95. The topological polar surface area (TPSA) is 221 Å². The van der Waals surface area contributed by atoms with Crippen LogP contribution in [0.15, 0.2) is 29.6 Å². The zero-order chi connectivity index (χ0) is 45.1. The van der Waals surface area contributed by atoms with Crippen LogP contribution in [0.3, 0.4) is 0 Å². The Hall–Kier alpha value is -4.75. The van der Waals surface area contributed by atoms with Crippen molar-refractivity contribution in [2.24, 2.45) is 11.3 Å². The standard InChI is InChI=1S/C43H62N8O9S2/c1-25(2)44-41-47-33(24-61-41)32-20-35(29-17-16-27(59-7)18-31(29)45-32)60-28-19-34-37(52)49-43(39(54)55)21-26(43)14-12-10-9-11-13-15-30(38(53)51(34)22-28)46-40(56)48-36(42(3,4)5)23-50(6)62(8,57)58/h16-18,20,24-26,28,30,34,36H,9-15,19,21-23H2,1-8H3,(H,44,47)(H,49,52)(H,54,55)(H2,46,48,56)/t26?,28-,30+,34+,36?,43-/m1/s1. The highest BCUT2D eigenvalue weighted by atomic mass is 32.2. The van der Waals surface area contributed by atoms with Gasteiger partial charge in [0.1, 0.15) is 40.9 Å². The molecule has 3 aliphatic rings. The van der Waals surface area contributed by atoms with Crippen molar-refractivity contribution in [3.8, 4) is 22.9 Å². The quantitative estimate of drug-likeness (QED) is 0.158. The number of benzene rings is 1. The summed E-state index contributed by atoms with van der Waals surface area (Å²) >= 11 is 1.45. The summed E-state index contributed by atoms with van der Waals surface area (Å²) < 4.78 is 38.0. The Balaban J connectivity index is 1.32. The molecule has 1 aromatic carbocycles. The van der Waals surface area contributed by atoms with Gasteiger partial charge in [-0.3, -0.25) is 9.59 Å². The molecule has 2 unspecified atom stereocenters. The minimum Gasteiger partial charge on any atom is -0.497 e. The van der Waals surface area contributed by atoms with Crippen molar-refractivity contribution in [2.75, 3.05) is 38.8 Å². The number of rotatable bonds is 12. The predicted octanol–water partition coefficient (Wildman–Crippen LogP) is 5.21. The van der Waals surface area contributed by atoms with Gasteiger partial charge < -0.3 is 40.7 Å². The number of anilines is 1. The number of thiazole rings is 1. The maximum Gasteiger partial charge on any atom is 0.329 e. The largest absolute Gasteiger partial charge is 0.497 e. The van der Waals surface area contributed by atoms with Crippen LogP contribution in [0, 0.1) is 11.3 Å². The number of carboxylic acids is 1. The fourth-order valence-corrected chi connectivity index (χ4v) is 9.53. The number of hydrogen-bond acceptors (Lipinski definition) is 12. The molecule has 17 nitrogen and oxygen atoms in total. The number of carbonyl (C=O) groups excluding carboxylic acids is 3. The first-order valence-electron chi connectivity index (χ1n) is 21.4. The predicted molar refractivity (Wildman–Crippen MR) is 238 cm³/mol. The molecule has 1 saturated carbocycles. The second-order valence-corrected chi connectivity index (χ2v) is 21.3. The molecule has 3 fully saturated rings. The highest BCUT2D eigenvalue weighted by Gasteiger charge is 2.62. The van der Waals surface area contributed by atoms with Crippen LogP contribution in [0.1, 0.15) is 92.4 Å². The Labute approximate surface area is 368 Å². The average Bonchev–Trinajstić information content (AvgIpc) is 3.46. The lowest BCUT2D eigenvalue weighted by Crippen LogP contribution is -2.59. The van der Waals surface area contributed by atoms with E-state index in [1.807, 2.05) is 46.1 Å². The highest BCUT2D eigenvalue weighted by Crippen LogP contribution is 2.48. The summed E-state index contributed by atoms with van der Waals surface area (Å²) in [4.78, 5) is 66.8. The van der Waals surface area contributed by atoms with E-state index in [0.717, 1.165) is 37.1 Å². The van der Waals surface area contributed by atoms with Crippen LogP contribution in [-0.4, -0.2) is 126 Å². The smallest absolute Gasteiger partial charge is 0.329 e. The molecule has 2 aliphatic heterocycles. The molecule has 62 heavy (non-hydrogen) atoms. The number of nitrogens with zero attached hydrogens (tertiary/aromatic N) is 4. The summed E-state index contributed by atoms with van der Waals surface area (Å²) in [6.07, 6.45) is 5.63. The van der Waals surface area contributed by atoms with Crippen molar-refractivity contribution in [3.05, 3.63) is 29.6 Å². The van der Waals surface area contributed by atoms with Gasteiger partial charge in [-0.1, -0.05) is 52.9 Å². The third-order valence-electron chi connectivity index (χ3n) is 12.1. The first-order chi connectivity index (χ1) is 29.2. The maximum atomic E-state index is 14.8. The molecule has 4 heterocycles. The summed E-state index contributed by atoms with van der Waals surface area (Å²) in [7, 11) is -0.538. The molecule has 1 aliphatic carbocycles. The Kier molecular flexibility index (Phi) is 14.3. The first kappa shape index (κ1) is 46.7. The first-order valence-corrected chi connectivity index (χ1v) is 24.1. The van der Waals surface area contributed by atoms with E-state index in [2.05, 4.69) is 21.3 Å². The van der Waals surface area contributed by atoms with Crippen molar-refractivity contribution >= 4 is 61.2 Å². The number of carboxylic acid groups (broad SMARTS) is 1. The number of aromatic nitrogens is 2. The fraction of sp³-hybridized carbons (Fsp3) is 0.628. The number of sulfonamides is 1. The average molecular weight is 899 g/mol. The maximum absolute atomic E-state index is 14.8. The number of fused-ring (bicyclic) bond motifs is 3. The molecular weight excluding hydrogens is 837 g/mol. The number of carbonyl (C=O) groups is 4. The van der Waals surface area contributed by atoms with E-state index in [0.29, 0.717) is 53.1 Å². The highest BCUT2D eigenvalue weighted by molar-refractivity contribution is 7.88. The minimum atomic E-state index is -3.55. The molecule has 2 saturated heterocycles. The number of aliphatic carboxylic acids is 1. The fourth-order valence-electron chi connectivity index (χ4n) is 8.25. The van der Waals surface area contributed by atoms with Crippen molar-refractivity contribution in [1.29, 1.82) is 0 Å². The van der Waals surface area contributed by atoms with Crippen LogP contribution in [0.5, 0.6) is 11.5 Å². The molecule has 5 N–H and O–H groups in total. The van der Waals surface area contributed by atoms with Gasteiger partial charge in [-0.15, -0.1) is 11.3 Å². The Morgan fingerprint density at radius 3 is 2.45 bits per heavy atom. The number of nitrogens with one attached hydrogen (secondary N) is 4. The number of pyridine rings is 1. The van der Waals surface area contributed by atoms with Crippen molar-refractivity contribution < 1.29 is 42.2 Å². The molecule has 0 spiro atoms. The van der Waals surface area contributed by atoms with E-state index in [4.69, 9.17) is 19.4 Å². The van der Waals surface area contributed by atoms with Gasteiger partial charge in [0.2, 0.25) is 21.8 Å². The number of ether oxygens (including phenoxy) is 2. The van der Waals surface area contributed by atoms with Gasteiger partial charge in [0.15, 0.2) is 5.13 Å². The number of likely N-dealkylation sites (N-methyl/N-ethyl adjacent to an activating group) is 1. The zero-order valence-electron chi connectivity index (χ0n) is 36.9. The van der Waals surface area contributed by atoms with E-state index >= 15 is 0 Å². The lowest BCUT2D eigenvalue weighted by Gasteiger charge is -2.35. The molecular formula is C43H62N8O9S2. The molecule has 2 aromatic heterocycles. The minimum absolute atomic E-state index is 0.00469. The molecule has 6 rings (SSSR count). The van der Waals surface area contributed by atoms with E-state index in [9.17, 15) is 32.7 Å². The Morgan fingerprint density at radius 1 is 1.08 bits per heavy atom. The van der Waals surface area contributed by atoms with Crippen LogP contribution in [-0.2, 0) is 24.4 Å². The SMILES string of the molecule is COc1ccc2c(O[C@@H]3C[C@H]4C(=O)N[C@]5(C(=O)O)CC5CCCCCCC[C@H](NC(=O)NC(CN(C)S(C)(=O)=O)C(C)(C)C)C(=O)N4C3)cc(-c3csc(NC(C)C)n3)nc2c1. The number of urea groups is 1. The normalized spacial score (nSPS) is 24.3. The summed E-state index contributed by atoms with van der Waals surface area (Å²) in [6.45, 7) is 9.68. The van der Waals surface area contributed by atoms with Gasteiger partial charge in [0.25, 0.3) is 0 Å². The number of methoxy groups -OCH3 is 1. The van der Waals surface area contributed by atoms with Crippen molar-refractivity contribution in [1.82, 2.24) is 35.1 Å². The van der Waals surface area contributed by atoms with E-state index in [-0.39, 0.29) is 37.9 Å². The number of amides is 4. The third kappa shape index (κ3) is 11.1. The summed E-state index contributed by atoms with van der Waals surface area (Å²) in [5.41, 5.74) is -0.219. The van der Waals surface area contributed by atoms with Crippen LogP contribution in [0.4, 0.5) is 9.93 Å². The Morgan fingerprint density at radius 2 is 1.79 bits per heavy atom. The lowest BCUT2D eigenvalue weighted by atomic mass is 9.87. The van der Waals surface area contributed by atoms with Gasteiger partial charge in [0.05, 0.1) is 31.1 Å². The van der Waals surface area contributed by atoms with E-state index in [1.165, 1.54) is 27.6 Å². The van der Waals surface area contributed by atoms with E-state index in [1.54, 1.807) is 25.3 Å². The summed E-state index contributed by atoms with van der Waals surface area (Å²) in [5.74, 6) is -1.38. The monoisotopic (exact) mass is 898 g/mol. The van der Waals surface area contributed by atoms with Crippen LogP contribution < -0.4 is 30.7 Å². The zero-order valence-corrected chi connectivity index (χ0v) is 38.6. The van der Waals surface area contributed by atoms with Gasteiger partial charge in [0, 0.05) is 55.0 Å². The number of hydrogen-bond donors (Lipinski definition) is 5. The molecule has 0 bridgehead atoms. The molecule has 4 amide bonds. The van der Waals surface area contributed by atoms with Gasteiger partial charge >= 0.3 is 12.0 Å². The molecule has 0 radical (unpaired) electrons. The van der Waals surface area contributed by atoms with E-state index < -0.39 is 69.0 Å². The van der Waals surface area contributed by atoms with Crippen LogP contribution >= 0.6 is 11.3 Å². The third-order valence-corrected chi connectivity index (χ3v) is 14.2. The lowest BCUT2D eigenvalue weighted by molar-refractivity contribution is -0.145. The van der Waals surface area contributed by atoms with Crippen molar-refractivity contribution in [3.63, 3.8) is 0 Å². The second-order valence-electron chi connectivity index (χ2n) is 18.4. The van der Waals surface area contributed by atoms with Gasteiger partial charge in [-0.05, 0) is 56.6 Å².